The number of fused-ring (bicyclic) bond motifs is 1. The maximum atomic E-state index is 10.6. The average Bonchev–Trinajstić information content (AvgIpc) is 2.29. The third-order valence-corrected chi connectivity index (χ3v) is 2.39. The van der Waals surface area contributed by atoms with Crippen LogP contribution in [0.2, 0.25) is 0 Å². The maximum absolute atomic E-state index is 10.6. The summed E-state index contributed by atoms with van der Waals surface area (Å²) in [6.07, 6.45) is -0.953. The third kappa shape index (κ3) is 1.98. The summed E-state index contributed by atoms with van der Waals surface area (Å²) in [6.45, 7) is 1.46. The molecule has 0 heterocycles. The van der Waals surface area contributed by atoms with Gasteiger partial charge in [-0.1, -0.05) is 36.4 Å². The lowest BCUT2D eigenvalue weighted by Gasteiger charge is -2.16. The first-order chi connectivity index (χ1) is 7.68. The van der Waals surface area contributed by atoms with Gasteiger partial charge in [0.1, 0.15) is 11.9 Å². The fourth-order valence-electron chi connectivity index (χ4n) is 1.54. The molecule has 0 spiro atoms. The first-order valence-electron chi connectivity index (χ1n) is 5.04. The largest absolute Gasteiger partial charge is 0.546 e. The molecule has 0 saturated heterocycles. The van der Waals surface area contributed by atoms with Gasteiger partial charge in [0.25, 0.3) is 0 Å². The number of aliphatic carboxylic acids is 1. The second-order valence-electron chi connectivity index (χ2n) is 3.56. The van der Waals surface area contributed by atoms with Gasteiger partial charge in [-0.3, -0.25) is 0 Å². The molecule has 0 radical (unpaired) electrons. The molecule has 1 atom stereocenters. The van der Waals surface area contributed by atoms with Crippen LogP contribution in [0, 0.1) is 0 Å². The molecule has 0 aliphatic heterocycles. The Balaban J connectivity index is 2.41. The molecule has 1 unspecified atom stereocenters. The van der Waals surface area contributed by atoms with Crippen molar-refractivity contribution in [1.82, 2.24) is 0 Å². The molecule has 16 heavy (non-hydrogen) atoms. The van der Waals surface area contributed by atoms with Gasteiger partial charge < -0.3 is 14.6 Å². The van der Waals surface area contributed by atoms with E-state index in [9.17, 15) is 9.90 Å². The second kappa shape index (κ2) is 4.23. The smallest absolute Gasteiger partial charge is 0.135 e. The minimum absolute atomic E-state index is 0.565. The lowest BCUT2D eigenvalue weighted by molar-refractivity contribution is -0.312. The lowest BCUT2D eigenvalue weighted by Crippen LogP contribution is -2.37. The predicted molar refractivity (Wildman–Crippen MR) is 59.0 cm³/mol. The van der Waals surface area contributed by atoms with Crippen LogP contribution >= 0.6 is 0 Å². The Labute approximate surface area is 93.3 Å². The highest BCUT2D eigenvalue weighted by molar-refractivity contribution is 5.88. The van der Waals surface area contributed by atoms with Crippen LogP contribution in [0.3, 0.4) is 0 Å². The van der Waals surface area contributed by atoms with E-state index >= 15 is 0 Å². The molecule has 2 aromatic rings. The van der Waals surface area contributed by atoms with Crippen molar-refractivity contribution in [3.8, 4) is 5.75 Å². The van der Waals surface area contributed by atoms with E-state index in [2.05, 4.69) is 0 Å². The molecule has 0 aromatic heterocycles. The van der Waals surface area contributed by atoms with Crippen molar-refractivity contribution in [2.75, 3.05) is 0 Å². The van der Waals surface area contributed by atoms with Crippen LogP contribution in [0.1, 0.15) is 6.92 Å². The van der Waals surface area contributed by atoms with Gasteiger partial charge in [0.2, 0.25) is 0 Å². The monoisotopic (exact) mass is 215 g/mol. The van der Waals surface area contributed by atoms with Crippen molar-refractivity contribution >= 4 is 16.7 Å². The molecule has 3 heteroatoms. The quantitative estimate of drug-likeness (QED) is 0.776. The zero-order chi connectivity index (χ0) is 11.5. The zero-order valence-corrected chi connectivity index (χ0v) is 8.84. The number of rotatable bonds is 3. The highest BCUT2D eigenvalue weighted by atomic mass is 16.5. The highest BCUT2D eigenvalue weighted by Gasteiger charge is 2.07. The Hall–Kier alpha value is -2.03. The average molecular weight is 215 g/mol. The third-order valence-electron chi connectivity index (χ3n) is 2.39. The second-order valence-corrected chi connectivity index (χ2v) is 3.56. The summed E-state index contributed by atoms with van der Waals surface area (Å²) < 4.78 is 5.33. The summed E-state index contributed by atoms with van der Waals surface area (Å²) in [7, 11) is 0. The number of benzene rings is 2. The Kier molecular flexibility index (Phi) is 2.77. The minimum Gasteiger partial charge on any atom is -0.546 e. The van der Waals surface area contributed by atoms with Crippen molar-refractivity contribution in [3.05, 3.63) is 42.5 Å². The molecule has 3 nitrogen and oxygen atoms in total. The summed E-state index contributed by atoms with van der Waals surface area (Å²) in [5, 5.41) is 12.5. The fourth-order valence-corrected chi connectivity index (χ4v) is 1.54. The van der Waals surface area contributed by atoms with Gasteiger partial charge in [-0.05, 0) is 18.4 Å². The molecular weight excluding hydrogens is 204 g/mol. The molecule has 82 valence electrons. The fraction of sp³-hybridized carbons (Fsp3) is 0.154. The number of carboxylic acid groups (broad SMARTS) is 1. The van der Waals surface area contributed by atoms with E-state index in [-0.39, 0.29) is 0 Å². The summed E-state index contributed by atoms with van der Waals surface area (Å²) in [5.74, 6) is -0.650. The van der Waals surface area contributed by atoms with Crippen LogP contribution in [0.5, 0.6) is 5.75 Å². The molecular formula is C13H11O3-. The Bertz CT molecular complexity index is 514. The standard InChI is InChI=1S/C13H12O3/c1-9(13(14)15)16-12-8-4-6-10-5-2-3-7-11(10)12/h2-9H,1H3,(H,14,15)/p-1. The van der Waals surface area contributed by atoms with E-state index in [0.717, 1.165) is 10.8 Å². The zero-order valence-electron chi connectivity index (χ0n) is 8.84. The molecule has 2 rings (SSSR count). The summed E-state index contributed by atoms with van der Waals surface area (Å²) in [5.41, 5.74) is 0. The maximum Gasteiger partial charge on any atom is 0.135 e. The Morgan fingerprint density at radius 1 is 1.19 bits per heavy atom. The number of carbonyl (C=O) groups excluding carboxylic acids is 1. The van der Waals surface area contributed by atoms with E-state index < -0.39 is 12.1 Å². The van der Waals surface area contributed by atoms with Crippen LogP contribution in [0.25, 0.3) is 10.8 Å². The summed E-state index contributed by atoms with van der Waals surface area (Å²) in [4.78, 5) is 10.6. The number of carboxylic acids is 1. The molecule has 0 bridgehead atoms. The molecule has 2 aromatic carbocycles. The van der Waals surface area contributed by atoms with E-state index in [1.54, 1.807) is 6.07 Å². The van der Waals surface area contributed by atoms with Crippen molar-refractivity contribution < 1.29 is 14.6 Å². The number of carbonyl (C=O) groups is 1. The van der Waals surface area contributed by atoms with Gasteiger partial charge in [0, 0.05) is 5.39 Å². The van der Waals surface area contributed by atoms with Crippen molar-refractivity contribution in [3.63, 3.8) is 0 Å². The highest BCUT2D eigenvalue weighted by Crippen LogP contribution is 2.25. The minimum atomic E-state index is -1.21. The van der Waals surface area contributed by atoms with Crippen molar-refractivity contribution in [1.29, 1.82) is 0 Å². The van der Waals surface area contributed by atoms with Crippen LogP contribution < -0.4 is 9.84 Å². The molecule has 0 amide bonds. The van der Waals surface area contributed by atoms with Crippen LogP contribution in [-0.4, -0.2) is 12.1 Å². The number of ether oxygens (including phenoxy) is 1. The lowest BCUT2D eigenvalue weighted by atomic mass is 10.1. The molecule has 0 aliphatic rings. The van der Waals surface area contributed by atoms with E-state index in [1.165, 1.54) is 6.92 Å². The van der Waals surface area contributed by atoms with Gasteiger partial charge in [-0.2, -0.15) is 0 Å². The molecule has 0 saturated carbocycles. The number of hydrogen-bond acceptors (Lipinski definition) is 3. The van der Waals surface area contributed by atoms with Crippen molar-refractivity contribution in [2.45, 2.75) is 13.0 Å². The number of hydrogen-bond donors (Lipinski definition) is 0. The Morgan fingerprint density at radius 3 is 2.62 bits per heavy atom. The summed E-state index contributed by atoms with van der Waals surface area (Å²) >= 11 is 0. The van der Waals surface area contributed by atoms with Crippen LogP contribution in [-0.2, 0) is 4.79 Å². The van der Waals surface area contributed by atoms with Gasteiger partial charge in [0.15, 0.2) is 0 Å². The van der Waals surface area contributed by atoms with Crippen LogP contribution in [0.15, 0.2) is 42.5 Å². The Morgan fingerprint density at radius 2 is 1.88 bits per heavy atom. The van der Waals surface area contributed by atoms with Gasteiger partial charge >= 0.3 is 0 Å². The van der Waals surface area contributed by atoms with Gasteiger partial charge in [-0.15, -0.1) is 0 Å². The SMILES string of the molecule is CC(Oc1cccc2ccccc12)C(=O)[O-]. The van der Waals surface area contributed by atoms with Crippen LogP contribution in [0.4, 0.5) is 0 Å². The first-order valence-corrected chi connectivity index (χ1v) is 5.04. The van der Waals surface area contributed by atoms with Gasteiger partial charge in [-0.25, -0.2) is 0 Å². The van der Waals surface area contributed by atoms with Gasteiger partial charge in [0.05, 0.1) is 5.97 Å². The van der Waals surface area contributed by atoms with Crippen molar-refractivity contribution in [2.24, 2.45) is 0 Å². The molecule has 0 N–H and O–H groups in total. The summed E-state index contributed by atoms with van der Waals surface area (Å²) in [6, 6.07) is 13.2. The van der Waals surface area contributed by atoms with E-state index in [0.29, 0.717) is 5.75 Å². The first kappa shape index (κ1) is 10.5. The topological polar surface area (TPSA) is 49.4 Å². The molecule has 0 fully saturated rings. The predicted octanol–water partition coefficient (Wildman–Crippen LogP) is 1.36. The van der Waals surface area contributed by atoms with E-state index in [4.69, 9.17) is 4.74 Å². The van der Waals surface area contributed by atoms with E-state index in [1.807, 2.05) is 36.4 Å². The molecule has 0 aliphatic carbocycles. The normalized spacial score (nSPS) is 12.3.